The first kappa shape index (κ1) is 17.7. The van der Waals surface area contributed by atoms with E-state index in [1.807, 2.05) is 32.3 Å². The molecule has 2 aromatic heterocycles. The summed E-state index contributed by atoms with van der Waals surface area (Å²) in [5.74, 6) is 0.00951. The molecule has 3 heterocycles. The van der Waals surface area contributed by atoms with Crippen LogP contribution < -0.4 is 0 Å². The second-order valence-corrected chi connectivity index (χ2v) is 7.46. The maximum absolute atomic E-state index is 13.1. The first-order valence-electron chi connectivity index (χ1n) is 9.61. The van der Waals surface area contributed by atoms with Crippen molar-refractivity contribution in [2.45, 2.75) is 32.9 Å². The highest BCUT2D eigenvalue weighted by Crippen LogP contribution is 2.20. The number of hydrogen-bond acceptors (Lipinski definition) is 3. The van der Waals surface area contributed by atoms with Gasteiger partial charge < -0.3 is 4.90 Å². The van der Waals surface area contributed by atoms with Crippen LogP contribution in [0, 0.1) is 6.92 Å². The molecule has 1 amide bonds. The standard InChI is InChI=1S/C22H26N4O/c1-17-8-7-13-26-21(17)20(14-23-26)22(27)24(2)15-18-9-3-4-10-19(18)16-25-11-5-6-12-25/h3-4,7-10,13-14H,5-6,11-12,15-16H2,1-2H3. The fraction of sp³-hybridized carbons (Fsp3) is 0.364. The van der Waals surface area contributed by atoms with Gasteiger partial charge in [-0.25, -0.2) is 4.52 Å². The lowest BCUT2D eigenvalue weighted by Crippen LogP contribution is -2.27. The average molecular weight is 362 g/mol. The highest BCUT2D eigenvalue weighted by Gasteiger charge is 2.20. The molecule has 5 heteroatoms. The Bertz CT molecular complexity index is 956. The third kappa shape index (κ3) is 3.60. The van der Waals surface area contributed by atoms with Crippen molar-refractivity contribution in [3.8, 4) is 0 Å². The zero-order valence-electron chi connectivity index (χ0n) is 16.1. The maximum Gasteiger partial charge on any atom is 0.257 e. The number of likely N-dealkylation sites (tertiary alicyclic amines) is 1. The quantitative estimate of drug-likeness (QED) is 0.697. The second kappa shape index (κ2) is 7.53. The van der Waals surface area contributed by atoms with Gasteiger partial charge in [-0.3, -0.25) is 9.69 Å². The van der Waals surface area contributed by atoms with E-state index >= 15 is 0 Å². The lowest BCUT2D eigenvalue weighted by Gasteiger charge is -2.21. The number of rotatable bonds is 5. The van der Waals surface area contributed by atoms with Gasteiger partial charge in [0.05, 0.1) is 17.3 Å². The van der Waals surface area contributed by atoms with Gasteiger partial charge in [0.1, 0.15) is 0 Å². The topological polar surface area (TPSA) is 40.9 Å². The molecule has 1 fully saturated rings. The summed E-state index contributed by atoms with van der Waals surface area (Å²) < 4.78 is 1.78. The van der Waals surface area contributed by atoms with Crippen LogP contribution in [0.5, 0.6) is 0 Å². The van der Waals surface area contributed by atoms with E-state index in [0.29, 0.717) is 12.1 Å². The summed E-state index contributed by atoms with van der Waals surface area (Å²) in [4.78, 5) is 17.4. The third-order valence-corrected chi connectivity index (χ3v) is 5.44. The summed E-state index contributed by atoms with van der Waals surface area (Å²) in [5, 5.41) is 4.34. The molecule has 0 N–H and O–H groups in total. The number of benzene rings is 1. The van der Waals surface area contributed by atoms with Crippen molar-refractivity contribution in [2.75, 3.05) is 20.1 Å². The summed E-state index contributed by atoms with van der Waals surface area (Å²) in [5.41, 5.74) is 5.14. The second-order valence-electron chi connectivity index (χ2n) is 7.46. The fourth-order valence-corrected chi connectivity index (χ4v) is 3.95. The zero-order chi connectivity index (χ0) is 18.8. The Morgan fingerprint density at radius 1 is 1.11 bits per heavy atom. The Labute approximate surface area is 160 Å². The van der Waals surface area contributed by atoms with Crippen molar-refractivity contribution in [3.63, 3.8) is 0 Å². The molecule has 0 spiro atoms. The number of carbonyl (C=O) groups is 1. The molecule has 0 radical (unpaired) electrons. The van der Waals surface area contributed by atoms with Crippen molar-refractivity contribution in [3.05, 3.63) is 71.0 Å². The summed E-state index contributed by atoms with van der Waals surface area (Å²) in [7, 11) is 1.87. The van der Waals surface area contributed by atoms with Crippen LogP contribution in [0.3, 0.4) is 0 Å². The van der Waals surface area contributed by atoms with E-state index in [-0.39, 0.29) is 5.91 Å². The summed E-state index contributed by atoms with van der Waals surface area (Å²) >= 11 is 0. The predicted octanol–water partition coefficient (Wildman–Crippen LogP) is 3.51. The molecule has 3 aromatic rings. The van der Waals surface area contributed by atoms with Crippen LogP contribution in [0.2, 0.25) is 0 Å². The van der Waals surface area contributed by atoms with Gasteiger partial charge in [-0.05, 0) is 55.6 Å². The predicted molar refractivity (Wildman–Crippen MR) is 107 cm³/mol. The van der Waals surface area contributed by atoms with Gasteiger partial charge >= 0.3 is 0 Å². The zero-order valence-corrected chi connectivity index (χ0v) is 16.1. The highest BCUT2D eigenvalue weighted by atomic mass is 16.2. The van der Waals surface area contributed by atoms with Gasteiger partial charge in [-0.1, -0.05) is 30.3 Å². The summed E-state index contributed by atoms with van der Waals surface area (Å²) in [6.45, 7) is 5.93. The number of fused-ring (bicyclic) bond motifs is 1. The monoisotopic (exact) mass is 362 g/mol. The van der Waals surface area contributed by atoms with Crippen LogP contribution in [0.1, 0.15) is 39.9 Å². The number of amides is 1. The van der Waals surface area contributed by atoms with E-state index in [9.17, 15) is 4.79 Å². The minimum atomic E-state index is 0.00951. The van der Waals surface area contributed by atoms with Crippen LogP contribution in [-0.2, 0) is 13.1 Å². The van der Waals surface area contributed by atoms with Crippen LogP contribution in [-0.4, -0.2) is 45.5 Å². The van der Waals surface area contributed by atoms with Gasteiger partial charge in [0.25, 0.3) is 5.91 Å². The minimum absolute atomic E-state index is 0.00951. The molecule has 0 unspecified atom stereocenters. The number of hydrogen-bond donors (Lipinski definition) is 0. The molecular weight excluding hydrogens is 336 g/mol. The normalized spacial score (nSPS) is 14.7. The molecule has 0 aliphatic carbocycles. The molecule has 0 atom stereocenters. The van der Waals surface area contributed by atoms with Gasteiger partial charge in [0.15, 0.2) is 0 Å². The maximum atomic E-state index is 13.1. The Morgan fingerprint density at radius 3 is 2.63 bits per heavy atom. The molecule has 140 valence electrons. The van der Waals surface area contributed by atoms with Crippen molar-refractivity contribution in [2.24, 2.45) is 0 Å². The minimum Gasteiger partial charge on any atom is -0.337 e. The van der Waals surface area contributed by atoms with Gasteiger partial charge in [-0.15, -0.1) is 0 Å². The van der Waals surface area contributed by atoms with E-state index in [0.717, 1.165) is 17.6 Å². The molecule has 1 saturated heterocycles. The first-order valence-corrected chi connectivity index (χ1v) is 9.61. The van der Waals surface area contributed by atoms with Gasteiger partial charge in [-0.2, -0.15) is 5.10 Å². The molecule has 1 aliphatic rings. The summed E-state index contributed by atoms with van der Waals surface area (Å²) in [6, 6.07) is 12.4. The van der Waals surface area contributed by atoms with E-state index in [1.165, 1.54) is 37.1 Å². The third-order valence-electron chi connectivity index (χ3n) is 5.44. The largest absolute Gasteiger partial charge is 0.337 e. The Kier molecular flexibility index (Phi) is 4.94. The molecular formula is C22H26N4O. The Balaban J connectivity index is 1.55. The Hall–Kier alpha value is -2.66. The van der Waals surface area contributed by atoms with Crippen molar-refractivity contribution >= 4 is 11.4 Å². The van der Waals surface area contributed by atoms with Crippen LogP contribution in [0.4, 0.5) is 0 Å². The molecule has 5 nitrogen and oxygen atoms in total. The van der Waals surface area contributed by atoms with Crippen LogP contribution in [0.15, 0.2) is 48.8 Å². The molecule has 4 rings (SSSR count). The summed E-state index contributed by atoms with van der Waals surface area (Å²) in [6.07, 6.45) is 6.13. The lowest BCUT2D eigenvalue weighted by molar-refractivity contribution is 0.0786. The molecule has 27 heavy (non-hydrogen) atoms. The molecule has 0 bridgehead atoms. The molecule has 0 saturated carbocycles. The van der Waals surface area contributed by atoms with Crippen molar-refractivity contribution < 1.29 is 4.79 Å². The van der Waals surface area contributed by atoms with Crippen LogP contribution >= 0.6 is 0 Å². The van der Waals surface area contributed by atoms with Gasteiger partial charge in [0.2, 0.25) is 0 Å². The van der Waals surface area contributed by atoms with Crippen molar-refractivity contribution in [1.82, 2.24) is 19.4 Å². The molecule has 1 aromatic carbocycles. The fourth-order valence-electron chi connectivity index (χ4n) is 3.95. The number of aromatic nitrogens is 2. The first-order chi connectivity index (χ1) is 13.1. The van der Waals surface area contributed by atoms with Crippen molar-refractivity contribution in [1.29, 1.82) is 0 Å². The van der Waals surface area contributed by atoms with E-state index in [1.54, 1.807) is 15.6 Å². The van der Waals surface area contributed by atoms with E-state index in [2.05, 4.69) is 34.3 Å². The molecule has 1 aliphatic heterocycles. The number of nitrogens with zero attached hydrogens (tertiary/aromatic N) is 4. The SMILES string of the molecule is Cc1cccn2ncc(C(=O)N(C)Cc3ccccc3CN3CCCC3)c12. The van der Waals surface area contributed by atoms with Crippen LogP contribution in [0.25, 0.3) is 5.52 Å². The number of aryl methyl sites for hydroxylation is 1. The average Bonchev–Trinajstić information content (AvgIpc) is 3.33. The highest BCUT2D eigenvalue weighted by molar-refractivity contribution is 6.01. The Morgan fingerprint density at radius 2 is 1.85 bits per heavy atom. The van der Waals surface area contributed by atoms with E-state index < -0.39 is 0 Å². The van der Waals surface area contributed by atoms with Gasteiger partial charge in [0, 0.05) is 26.3 Å². The van der Waals surface area contributed by atoms with E-state index in [4.69, 9.17) is 0 Å². The smallest absolute Gasteiger partial charge is 0.257 e. The lowest BCUT2D eigenvalue weighted by atomic mass is 10.1. The number of carbonyl (C=O) groups excluding carboxylic acids is 1. The number of pyridine rings is 1.